The van der Waals surface area contributed by atoms with Crippen LogP contribution in [0.25, 0.3) is 5.57 Å². The number of imide groups is 1. The van der Waals surface area contributed by atoms with Gasteiger partial charge in [-0.1, -0.05) is 54.1 Å². The summed E-state index contributed by atoms with van der Waals surface area (Å²) in [6, 6.07) is 21.8. The SMILES string of the molecule is COc1ccc(NC2=C(c3ccc(Cl)cc3)C(=O)N(CCc3ccccc3)C2=O)cc1OC. The molecule has 1 heterocycles. The molecular weight excluding hydrogens is 440 g/mol. The van der Waals surface area contributed by atoms with Crippen LogP contribution in [0.15, 0.2) is 78.5 Å². The van der Waals surface area contributed by atoms with Gasteiger partial charge in [0.05, 0.1) is 19.8 Å². The molecule has 0 unspecified atom stereocenters. The minimum absolute atomic E-state index is 0.211. The Morgan fingerprint density at radius 3 is 2.21 bits per heavy atom. The van der Waals surface area contributed by atoms with Crippen molar-refractivity contribution in [1.82, 2.24) is 4.90 Å². The molecule has 1 N–H and O–H groups in total. The summed E-state index contributed by atoms with van der Waals surface area (Å²) >= 11 is 6.04. The number of methoxy groups -OCH3 is 2. The molecule has 0 spiro atoms. The molecule has 0 saturated carbocycles. The number of ether oxygens (including phenoxy) is 2. The molecule has 33 heavy (non-hydrogen) atoms. The zero-order valence-electron chi connectivity index (χ0n) is 18.3. The highest BCUT2D eigenvalue weighted by atomic mass is 35.5. The predicted octanol–water partition coefficient (Wildman–Crippen LogP) is 4.79. The summed E-state index contributed by atoms with van der Waals surface area (Å²) in [6.07, 6.45) is 0.565. The second-order valence-corrected chi connectivity index (χ2v) is 7.89. The summed E-state index contributed by atoms with van der Waals surface area (Å²) in [5, 5.41) is 3.69. The van der Waals surface area contributed by atoms with Crippen LogP contribution in [-0.2, 0) is 16.0 Å². The Kier molecular flexibility index (Phi) is 6.66. The third kappa shape index (κ3) is 4.71. The molecule has 3 aromatic rings. The molecule has 0 saturated heterocycles. The van der Waals surface area contributed by atoms with Gasteiger partial charge in [0.15, 0.2) is 11.5 Å². The lowest BCUT2D eigenvalue weighted by Crippen LogP contribution is -2.34. The minimum Gasteiger partial charge on any atom is -0.493 e. The first-order chi connectivity index (χ1) is 16.0. The van der Waals surface area contributed by atoms with Crippen molar-refractivity contribution in [2.75, 3.05) is 26.1 Å². The topological polar surface area (TPSA) is 67.9 Å². The average Bonchev–Trinajstić information content (AvgIpc) is 3.07. The van der Waals surface area contributed by atoms with Gasteiger partial charge in [0.25, 0.3) is 11.8 Å². The fourth-order valence-corrected chi connectivity index (χ4v) is 3.85. The van der Waals surface area contributed by atoms with E-state index in [0.717, 1.165) is 5.56 Å². The van der Waals surface area contributed by atoms with Crippen LogP contribution in [0.1, 0.15) is 11.1 Å². The van der Waals surface area contributed by atoms with Crippen LogP contribution >= 0.6 is 11.6 Å². The molecule has 1 aliphatic heterocycles. The number of nitrogens with zero attached hydrogens (tertiary/aromatic N) is 1. The zero-order chi connectivity index (χ0) is 23.4. The Morgan fingerprint density at radius 2 is 1.55 bits per heavy atom. The maximum Gasteiger partial charge on any atom is 0.278 e. The Hall–Kier alpha value is -3.77. The van der Waals surface area contributed by atoms with Crippen LogP contribution in [-0.4, -0.2) is 37.5 Å². The van der Waals surface area contributed by atoms with E-state index in [4.69, 9.17) is 21.1 Å². The summed E-state index contributed by atoms with van der Waals surface area (Å²) < 4.78 is 10.7. The first-order valence-corrected chi connectivity index (χ1v) is 10.8. The molecule has 7 heteroatoms. The lowest BCUT2D eigenvalue weighted by Gasteiger charge is -2.15. The number of carbonyl (C=O) groups is 2. The third-order valence-electron chi connectivity index (χ3n) is 5.42. The Balaban J connectivity index is 1.68. The van der Waals surface area contributed by atoms with Gasteiger partial charge in [-0.2, -0.15) is 0 Å². The first kappa shape index (κ1) is 22.4. The number of rotatable bonds is 8. The van der Waals surface area contributed by atoms with Crippen molar-refractivity contribution in [3.63, 3.8) is 0 Å². The fraction of sp³-hybridized carbons (Fsp3) is 0.154. The standard InChI is InChI=1S/C26H23ClN2O4/c1-32-21-13-12-20(16-22(21)33-2)28-24-23(18-8-10-19(27)11-9-18)25(30)29(26(24)31)15-14-17-6-4-3-5-7-17/h3-13,16,28H,14-15H2,1-2H3. The van der Waals surface area contributed by atoms with Gasteiger partial charge in [-0.3, -0.25) is 14.5 Å². The van der Waals surface area contributed by atoms with Crippen molar-refractivity contribution in [3.8, 4) is 11.5 Å². The normalized spacial score (nSPS) is 13.5. The smallest absolute Gasteiger partial charge is 0.278 e. The minimum atomic E-state index is -0.379. The third-order valence-corrected chi connectivity index (χ3v) is 5.67. The molecule has 168 valence electrons. The van der Waals surface area contributed by atoms with Crippen LogP contribution in [0.4, 0.5) is 5.69 Å². The van der Waals surface area contributed by atoms with Crippen molar-refractivity contribution in [1.29, 1.82) is 0 Å². The largest absolute Gasteiger partial charge is 0.493 e. The number of hydrogen-bond donors (Lipinski definition) is 1. The van der Waals surface area contributed by atoms with Gasteiger partial charge in [0.1, 0.15) is 5.70 Å². The van der Waals surface area contributed by atoms with Gasteiger partial charge < -0.3 is 14.8 Å². The molecular formula is C26H23ClN2O4. The predicted molar refractivity (Wildman–Crippen MR) is 128 cm³/mol. The molecule has 0 fully saturated rings. The molecule has 0 atom stereocenters. The molecule has 0 aliphatic carbocycles. The van der Waals surface area contributed by atoms with Crippen LogP contribution in [0.2, 0.25) is 5.02 Å². The highest BCUT2D eigenvalue weighted by molar-refractivity contribution is 6.37. The second kappa shape index (κ2) is 9.79. The molecule has 1 aliphatic rings. The molecule has 6 nitrogen and oxygen atoms in total. The Labute approximate surface area is 197 Å². The number of nitrogens with one attached hydrogen (secondary N) is 1. The van der Waals surface area contributed by atoms with Crippen molar-refractivity contribution in [2.45, 2.75) is 6.42 Å². The summed E-state index contributed by atoms with van der Waals surface area (Å²) in [5.74, 6) is 0.346. The van der Waals surface area contributed by atoms with Gasteiger partial charge in [0.2, 0.25) is 0 Å². The molecule has 4 rings (SSSR count). The van der Waals surface area contributed by atoms with Gasteiger partial charge >= 0.3 is 0 Å². The van der Waals surface area contributed by atoms with E-state index in [-0.39, 0.29) is 24.1 Å². The Bertz CT molecular complexity index is 1210. The van der Waals surface area contributed by atoms with Crippen molar-refractivity contribution >= 4 is 34.7 Å². The van der Waals surface area contributed by atoms with E-state index in [9.17, 15) is 9.59 Å². The lowest BCUT2D eigenvalue weighted by atomic mass is 10.0. The average molecular weight is 463 g/mol. The van der Waals surface area contributed by atoms with Crippen LogP contribution in [0.3, 0.4) is 0 Å². The molecule has 0 radical (unpaired) electrons. The monoisotopic (exact) mass is 462 g/mol. The van der Waals surface area contributed by atoms with Crippen molar-refractivity contribution in [2.24, 2.45) is 0 Å². The maximum absolute atomic E-state index is 13.4. The van der Waals surface area contributed by atoms with Crippen LogP contribution < -0.4 is 14.8 Å². The number of halogens is 1. The quantitative estimate of drug-likeness (QED) is 0.487. The van der Waals surface area contributed by atoms with E-state index in [2.05, 4.69) is 5.32 Å². The highest BCUT2D eigenvalue weighted by Crippen LogP contribution is 2.34. The van der Waals surface area contributed by atoms with Crippen LogP contribution in [0, 0.1) is 0 Å². The molecule has 2 amide bonds. The van der Waals surface area contributed by atoms with Crippen molar-refractivity contribution in [3.05, 3.63) is 94.6 Å². The van der Waals surface area contributed by atoms with Gasteiger partial charge in [-0.25, -0.2) is 0 Å². The van der Waals surface area contributed by atoms with E-state index in [0.29, 0.717) is 39.8 Å². The fourth-order valence-electron chi connectivity index (χ4n) is 3.72. The Morgan fingerprint density at radius 1 is 0.848 bits per heavy atom. The van der Waals surface area contributed by atoms with Gasteiger partial charge in [-0.15, -0.1) is 0 Å². The van der Waals surface area contributed by atoms with E-state index >= 15 is 0 Å². The van der Waals surface area contributed by atoms with Crippen LogP contribution in [0.5, 0.6) is 11.5 Å². The number of carbonyl (C=O) groups excluding carboxylic acids is 2. The number of amides is 2. The molecule has 0 bridgehead atoms. The van der Waals surface area contributed by atoms with E-state index in [1.165, 1.54) is 12.0 Å². The number of hydrogen-bond acceptors (Lipinski definition) is 5. The number of benzene rings is 3. The highest BCUT2D eigenvalue weighted by Gasteiger charge is 2.39. The second-order valence-electron chi connectivity index (χ2n) is 7.45. The van der Waals surface area contributed by atoms with E-state index in [1.807, 2.05) is 30.3 Å². The molecule has 0 aromatic heterocycles. The summed E-state index contributed by atoms with van der Waals surface area (Å²) in [6.45, 7) is 0.274. The first-order valence-electron chi connectivity index (χ1n) is 10.4. The summed E-state index contributed by atoms with van der Waals surface area (Å²) in [4.78, 5) is 28.0. The number of anilines is 1. The van der Waals surface area contributed by atoms with Gasteiger partial charge in [-0.05, 0) is 41.8 Å². The summed E-state index contributed by atoms with van der Waals surface area (Å²) in [7, 11) is 3.09. The van der Waals surface area contributed by atoms with Crippen molar-refractivity contribution < 1.29 is 19.1 Å². The van der Waals surface area contributed by atoms with Gasteiger partial charge in [0, 0.05) is 23.3 Å². The van der Waals surface area contributed by atoms with E-state index in [1.54, 1.807) is 49.6 Å². The summed E-state index contributed by atoms with van der Waals surface area (Å²) in [5.41, 5.74) is 2.78. The van der Waals surface area contributed by atoms with E-state index < -0.39 is 0 Å². The maximum atomic E-state index is 13.4. The zero-order valence-corrected chi connectivity index (χ0v) is 19.1. The molecule has 3 aromatic carbocycles. The lowest BCUT2D eigenvalue weighted by molar-refractivity contribution is -0.136.